The third-order valence-corrected chi connectivity index (χ3v) is 4.25. The van der Waals surface area contributed by atoms with Gasteiger partial charge in [0.25, 0.3) is 0 Å². The van der Waals surface area contributed by atoms with Crippen molar-refractivity contribution in [3.05, 3.63) is 18.3 Å². The highest BCUT2D eigenvalue weighted by Crippen LogP contribution is 2.31. The molecule has 2 aromatic rings. The second kappa shape index (κ2) is 4.86. The van der Waals surface area contributed by atoms with Crippen molar-refractivity contribution in [2.75, 3.05) is 6.26 Å². The fourth-order valence-electron chi connectivity index (χ4n) is 0.784. The zero-order chi connectivity index (χ0) is 10.7. The summed E-state index contributed by atoms with van der Waals surface area (Å²) in [6.45, 7) is 0. The van der Waals surface area contributed by atoms with Gasteiger partial charge in [0.05, 0.1) is 0 Å². The average molecular weight is 260 g/mol. The van der Waals surface area contributed by atoms with Crippen LogP contribution in [-0.4, -0.2) is 26.4 Å². The molecule has 0 fully saturated rings. The molecule has 0 radical (unpaired) electrons. The first-order valence-electron chi connectivity index (χ1n) is 3.81. The number of aromatic nitrogens is 4. The van der Waals surface area contributed by atoms with Crippen molar-refractivity contribution in [1.82, 2.24) is 20.2 Å². The van der Waals surface area contributed by atoms with Crippen LogP contribution in [0.5, 0.6) is 0 Å². The van der Waals surface area contributed by atoms with Gasteiger partial charge in [-0.1, -0.05) is 23.1 Å². The van der Waals surface area contributed by atoms with Crippen LogP contribution in [0.3, 0.4) is 0 Å². The molecule has 0 saturated carbocycles. The van der Waals surface area contributed by atoms with Crippen molar-refractivity contribution in [2.45, 2.75) is 13.7 Å². The number of nitrogens with zero attached hydrogens (tertiary/aromatic N) is 4. The highest BCUT2D eigenvalue weighted by molar-refractivity contribution is 8.02. The van der Waals surface area contributed by atoms with E-state index in [1.165, 1.54) is 47.3 Å². The van der Waals surface area contributed by atoms with Gasteiger partial charge < -0.3 is 0 Å². The lowest BCUT2D eigenvalue weighted by Gasteiger charge is -1.93. The van der Waals surface area contributed by atoms with E-state index in [0.717, 1.165) is 8.68 Å². The summed E-state index contributed by atoms with van der Waals surface area (Å²) < 4.78 is 14.4. The van der Waals surface area contributed by atoms with Crippen LogP contribution in [0.2, 0.25) is 0 Å². The molecule has 0 atom stereocenters. The molecule has 0 unspecified atom stereocenters. The maximum absolute atomic E-state index is 12.7. The number of hydrogen-bond acceptors (Lipinski definition) is 7. The van der Waals surface area contributed by atoms with Gasteiger partial charge in [0.1, 0.15) is 11.4 Å². The van der Waals surface area contributed by atoms with Gasteiger partial charge in [0.2, 0.25) is 5.95 Å². The number of hydrogen-bond donors (Lipinski definition) is 0. The molecule has 0 saturated heterocycles. The normalized spacial score (nSPS) is 10.5. The van der Waals surface area contributed by atoms with Crippen molar-refractivity contribution >= 4 is 34.9 Å². The zero-order valence-corrected chi connectivity index (χ0v) is 10.00. The minimum absolute atomic E-state index is 0.534. The number of rotatable bonds is 3. The first kappa shape index (κ1) is 10.8. The molecule has 0 aliphatic heterocycles. The van der Waals surface area contributed by atoms with E-state index in [4.69, 9.17) is 0 Å². The van der Waals surface area contributed by atoms with Gasteiger partial charge in [-0.25, -0.2) is 9.97 Å². The molecule has 0 spiro atoms. The Hall–Kier alpha value is -0.730. The van der Waals surface area contributed by atoms with E-state index in [1.807, 2.05) is 6.26 Å². The predicted octanol–water partition coefficient (Wildman–Crippen LogP) is 2.34. The zero-order valence-electron chi connectivity index (χ0n) is 7.55. The molecule has 2 aromatic heterocycles. The molecule has 78 valence electrons. The van der Waals surface area contributed by atoms with Crippen LogP contribution in [-0.2, 0) is 0 Å². The van der Waals surface area contributed by atoms with Gasteiger partial charge in [-0.3, -0.25) is 0 Å². The molecule has 0 N–H and O–H groups in total. The average Bonchev–Trinajstić information content (AvgIpc) is 2.65. The first-order valence-corrected chi connectivity index (χ1v) is 6.66. The Balaban J connectivity index is 2.14. The van der Waals surface area contributed by atoms with Crippen molar-refractivity contribution in [3.63, 3.8) is 0 Å². The molecule has 0 aromatic carbocycles. The van der Waals surface area contributed by atoms with Gasteiger partial charge in [0.15, 0.2) is 8.68 Å². The largest absolute Gasteiger partial charge is 0.229 e. The molecule has 0 amide bonds. The van der Waals surface area contributed by atoms with Gasteiger partial charge >= 0.3 is 0 Å². The molecule has 2 rings (SSSR count). The third kappa shape index (κ3) is 2.86. The van der Waals surface area contributed by atoms with Gasteiger partial charge in [0, 0.05) is 6.07 Å². The topological polar surface area (TPSA) is 51.6 Å². The van der Waals surface area contributed by atoms with Crippen LogP contribution in [0, 0.1) is 5.95 Å². The molecule has 4 nitrogen and oxygen atoms in total. The molecule has 8 heteroatoms. The highest BCUT2D eigenvalue weighted by atomic mass is 32.2. The van der Waals surface area contributed by atoms with E-state index in [2.05, 4.69) is 20.2 Å². The second-order valence-electron chi connectivity index (χ2n) is 2.32. The molecule has 0 aliphatic carbocycles. The fraction of sp³-hybridized carbons (Fsp3) is 0.143. The first-order chi connectivity index (χ1) is 7.28. The molecule has 2 heterocycles. The standard InChI is InChI=1S/C7H5FN4S3/c1-13-6-11-12-7(15-6)14-5-2-4(8)9-3-10-5/h2-3H,1H3. The minimum atomic E-state index is -0.540. The van der Waals surface area contributed by atoms with Crippen LogP contribution < -0.4 is 0 Å². The minimum Gasteiger partial charge on any atom is -0.229 e. The summed E-state index contributed by atoms with van der Waals surface area (Å²) in [5, 5.41) is 8.40. The smallest absolute Gasteiger partial charge is 0.217 e. The fourth-order valence-corrected chi connectivity index (χ4v) is 3.12. The highest BCUT2D eigenvalue weighted by Gasteiger charge is 2.06. The Morgan fingerprint density at radius 3 is 2.73 bits per heavy atom. The quantitative estimate of drug-likeness (QED) is 0.623. The molecule has 0 bridgehead atoms. The van der Waals surface area contributed by atoms with E-state index in [0.29, 0.717) is 5.03 Å². The Kier molecular flexibility index (Phi) is 3.49. The number of thioether (sulfide) groups is 1. The summed E-state index contributed by atoms with van der Waals surface area (Å²) in [5.41, 5.74) is 0. The summed E-state index contributed by atoms with van der Waals surface area (Å²) in [5.74, 6) is -0.540. The molecular weight excluding hydrogens is 255 g/mol. The second-order valence-corrected chi connectivity index (χ2v) is 5.62. The van der Waals surface area contributed by atoms with Crippen molar-refractivity contribution < 1.29 is 4.39 Å². The maximum Gasteiger partial charge on any atom is 0.217 e. The summed E-state index contributed by atoms with van der Waals surface area (Å²) in [6, 6.07) is 1.27. The van der Waals surface area contributed by atoms with Gasteiger partial charge in [-0.2, -0.15) is 4.39 Å². The summed E-state index contributed by atoms with van der Waals surface area (Å²) >= 11 is 4.26. The van der Waals surface area contributed by atoms with Crippen LogP contribution in [0.25, 0.3) is 0 Å². The van der Waals surface area contributed by atoms with Crippen molar-refractivity contribution in [3.8, 4) is 0 Å². The molecule has 15 heavy (non-hydrogen) atoms. The Morgan fingerprint density at radius 1 is 1.27 bits per heavy atom. The van der Waals surface area contributed by atoms with Crippen LogP contribution in [0.15, 0.2) is 26.1 Å². The van der Waals surface area contributed by atoms with E-state index < -0.39 is 5.95 Å². The maximum atomic E-state index is 12.7. The van der Waals surface area contributed by atoms with E-state index in [1.54, 1.807) is 0 Å². The van der Waals surface area contributed by atoms with Gasteiger partial charge in [-0.05, 0) is 18.0 Å². The number of halogens is 1. The molecular formula is C7H5FN4S3. The monoisotopic (exact) mass is 260 g/mol. The van der Waals surface area contributed by atoms with Gasteiger partial charge in [-0.15, -0.1) is 10.2 Å². The lowest BCUT2D eigenvalue weighted by atomic mass is 10.7. The van der Waals surface area contributed by atoms with E-state index in [-0.39, 0.29) is 0 Å². The predicted molar refractivity (Wildman–Crippen MR) is 57.8 cm³/mol. The van der Waals surface area contributed by atoms with E-state index in [9.17, 15) is 4.39 Å². The summed E-state index contributed by atoms with van der Waals surface area (Å²) in [6.07, 6.45) is 3.12. The van der Waals surface area contributed by atoms with E-state index >= 15 is 0 Å². The Morgan fingerprint density at radius 2 is 2.07 bits per heavy atom. The molecule has 0 aliphatic rings. The van der Waals surface area contributed by atoms with Crippen LogP contribution in [0.1, 0.15) is 0 Å². The SMILES string of the molecule is CSc1nnc(Sc2cc(F)ncn2)s1. The van der Waals surface area contributed by atoms with Crippen LogP contribution in [0.4, 0.5) is 4.39 Å². The lowest BCUT2D eigenvalue weighted by Crippen LogP contribution is -1.86. The third-order valence-electron chi connectivity index (χ3n) is 1.36. The van der Waals surface area contributed by atoms with Crippen molar-refractivity contribution in [2.24, 2.45) is 0 Å². The summed E-state index contributed by atoms with van der Waals surface area (Å²) in [4.78, 5) is 7.29. The van der Waals surface area contributed by atoms with Crippen molar-refractivity contribution in [1.29, 1.82) is 0 Å². The summed E-state index contributed by atoms with van der Waals surface area (Å²) in [7, 11) is 0. The Labute approximate surface area is 97.8 Å². The van der Waals surface area contributed by atoms with Crippen LogP contribution >= 0.6 is 34.9 Å². The lowest BCUT2D eigenvalue weighted by molar-refractivity contribution is 0.572. The Bertz CT molecular complexity index is 461.